The minimum absolute atomic E-state index is 0.00102. The first-order valence-electron chi connectivity index (χ1n) is 8.74. The standard InChI is InChI=1S/C19H20N4O3/c24-18-12-26-16-5-4-14(9-15(16)22-18)19(25)21-11-13-3-6-17(20-10-13)23-7-1-2-8-23/h3-6,9-10H,1-2,7-8,11-12H2,(H,21,25)(H,22,24). The van der Waals surface area contributed by atoms with Crippen LogP contribution >= 0.6 is 0 Å². The number of nitrogens with zero attached hydrogens (tertiary/aromatic N) is 2. The van der Waals surface area contributed by atoms with Crippen molar-refractivity contribution in [3.05, 3.63) is 47.7 Å². The Kier molecular flexibility index (Phi) is 4.43. The quantitative estimate of drug-likeness (QED) is 0.879. The van der Waals surface area contributed by atoms with E-state index in [1.54, 1.807) is 24.4 Å². The zero-order valence-electron chi connectivity index (χ0n) is 14.3. The predicted molar refractivity (Wildman–Crippen MR) is 97.4 cm³/mol. The number of amides is 2. The number of hydrogen-bond donors (Lipinski definition) is 2. The molecule has 0 bridgehead atoms. The van der Waals surface area contributed by atoms with E-state index in [4.69, 9.17) is 4.74 Å². The van der Waals surface area contributed by atoms with Crippen molar-refractivity contribution in [2.45, 2.75) is 19.4 Å². The lowest BCUT2D eigenvalue weighted by Crippen LogP contribution is -2.27. The van der Waals surface area contributed by atoms with Crippen LogP contribution in [0.25, 0.3) is 0 Å². The number of anilines is 2. The van der Waals surface area contributed by atoms with Gasteiger partial charge in [-0.05, 0) is 42.7 Å². The summed E-state index contributed by atoms with van der Waals surface area (Å²) in [5.41, 5.74) is 1.93. The minimum atomic E-state index is -0.223. The van der Waals surface area contributed by atoms with Crippen molar-refractivity contribution in [1.29, 1.82) is 0 Å². The van der Waals surface area contributed by atoms with E-state index in [0.717, 1.165) is 24.5 Å². The Morgan fingerprint density at radius 1 is 1.23 bits per heavy atom. The number of aromatic nitrogens is 1. The van der Waals surface area contributed by atoms with Crippen molar-refractivity contribution in [1.82, 2.24) is 10.3 Å². The third kappa shape index (κ3) is 3.46. The average Bonchev–Trinajstić information content (AvgIpc) is 3.20. The summed E-state index contributed by atoms with van der Waals surface area (Å²) < 4.78 is 5.30. The van der Waals surface area contributed by atoms with E-state index in [0.29, 0.717) is 23.5 Å². The van der Waals surface area contributed by atoms with E-state index in [1.807, 2.05) is 12.1 Å². The molecule has 1 aromatic heterocycles. The van der Waals surface area contributed by atoms with Crippen LogP contribution in [0.2, 0.25) is 0 Å². The lowest BCUT2D eigenvalue weighted by molar-refractivity contribution is -0.118. The number of ether oxygens (including phenoxy) is 1. The van der Waals surface area contributed by atoms with Crippen LogP contribution in [0.5, 0.6) is 5.75 Å². The van der Waals surface area contributed by atoms with Gasteiger partial charge in [0.1, 0.15) is 11.6 Å². The molecule has 0 unspecified atom stereocenters. The van der Waals surface area contributed by atoms with Crippen LogP contribution in [0, 0.1) is 0 Å². The molecule has 4 rings (SSSR count). The topological polar surface area (TPSA) is 83.6 Å². The molecule has 7 nitrogen and oxygen atoms in total. The van der Waals surface area contributed by atoms with E-state index in [2.05, 4.69) is 20.5 Å². The van der Waals surface area contributed by atoms with Gasteiger partial charge < -0.3 is 20.3 Å². The molecule has 0 radical (unpaired) electrons. The number of nitrogens with one attached hydrogen (secondary N) is 2. The van der Waals surface area contributed by atoms with Crippen molar-refractivity contribution >= 4 is 23.3 Å². The fourth-order valence-electron chi connectivity index (χ4n) is 3.16. The van der Waals surface area contributed by atoms with Crippen LogP contribution in [0.3, 0.4) is 0 Å². The van der Waals surface area contributed by atoms with Crippen molar-refractivity contribution in [2.75, 3.05) is 29.9 Å². The molecule has 0 atom stereocenters. The summed E-state index contributed by atoms with van der Waals surface area (Å²) in [5, 5.41) is 5.58. The molecule has 1 saturated heterocycles. The fourth-order valence-corrected chi connectivity index (χ4v) is 3.16. The molecule has 26 heavy (non-hydrogen) atoms. The normalized spacial score (nSPS) is 15.8. The third-order valence-electron chi connectivity index (χ3n) is 4.57. The highest BCUT2D eigenvalue weighted by atomic mass is 16.5. The van der Waals surface area contributed by atoms with Gasteiger partial charge in [0.05, 0.1) is 5.69 Å². The molecule has 1 aromatic carbocycles. The number of hydrogen-bond acceptors (Lipinski definition) is 5. The second-order valence-electron chi connectivity index (χ2n) is 6.45. The van der Waals surface area contributed by atoms with Crippen molar-refractivity contribution in [2.24, 2.45) is 0 Å². The summed E-state index contributed by atoms with van der Waals surface area (Å²) in [4.78, 5) is 30.5. The van der Waals surface area contributed by atoms with Crippen LogP contribution in [0.4, 0.5) is 11.5 Å². The SMILES string of the molecule is O=C1COc2ccc(C(=O)NCc3ccc(N4CCCC4)nc3)cc2N1. The molecule has 0 saturated carbocycles. The van der Waals surface area contributed by atoms with E-state index in [1.165, 1.54) is 12.8 Å². The summed E-state index contributed by atoms with van der Waals surface area (Å²) in [6.07, 6.45) is 4.23. The Morgan fingerprint density at radius 3 is 2.85 bits per heavy atom. The molecule has 2 aromatic rings. The third-order valence-corrected chi connectivity index (χ3v) is 4.57. The molecule has 1 fully saturated rings. The van der Waals surface area contributed by atoms with Gasteiger partial charge in [-0.15, -0.1) is 0 Å². The maximum atomic E-state index is 12.4. The van der Waals surface area contributed by atoms with Crippen LogP contribution in [-0.4, -0.2) is 36.5 Å². The molecule has 2 aliphatic heterocycles. The first-order valence-corrected chi connectivity index (χ1v) is 8.74. The zero-order chi connectivity index (χ0) is 17.9. The van der Waals surface area contributed by atoms with E-state index in [-0.39, 0.29) is 18.4 Å². The Morgan fingerprint density at radius 2 is 2.08 bits per heavy atom. The van der Waals surface area contributed by atoms with Crippen LogP contribution < -0.4 is 20.3 Å². The van der Waals surface area contributed by atoms with Crippen LogP contribution in [0.15, 0.2) is 36.5 Å². The van der Waals surface area contributed by atoms with Crippen LogP contribution in [-0.2, 0) is 11.3 Å². The molecular weight excluding hydrogens is 332 g/mol. The maximum absolute atomic E-state index is 12.4. The number of carbonyl (C=O) groups excluding carboxylic acids is 2. The molecule has 2 amide bonds. The lowest BCUT2D eigenvalue weighted by Gasteiger charge is -2.18. The number of rotatable bonds is 4. The number of carbonyl (C=O) groups is 2. The highest BCUT2D eigenvalue weighted by molar-refractivity contribution is 5.99. The van der Waals surface area contributed by atoms with Crippen molar-refractivity contribution in [3.63, 3.8) is 0 Å². The molecule has 2 aliphatic rings. The summed E-state index contributed by atoms with van der Waals surface area (Å²) in [6.45, 7) is 2.51. The van der Waals surface area contributed by atoms with E-state index < -0.39 is 0 Å². The molecule has 0 spiro atoms. The van der Waals surface area contributed by atoms with Gasteiger partial charge in [-0.1, -0.05) is 6.07 Å². The van der Waals surface area contributed by atoms with Gasteiger partial charge in [-0.2, -0.15) is 0 Å². The average molecular weight is 352 g/mol. The molecule has 134 valence electrons. The second-order valence-corrected chi connectivity index (χ2v) is 6.45. The monoisotopic (exact) mass is 352 g/mol. The molecule has 7 heteroatoms. The Labute approximate surface area is 151 Å². The fraction of sp³-hybridized carbons (Fsp3) is 0.316. The van der Waals surface area contributed by atoms with Gasteiger partial charge >= 0.3 is 0 Å². The van der Waals surface area contributed by atoms with Crippen molar-refractivity contribution in [3.8, 4) is 5.75 Å². The summed E-state index contributed by atoms with van der Waals surface area (Å²) in [5.74, 6) is 1.13. The van der Waals surface area contributed by atoms with Gasteiger partial charge in [0.15, 0.2) is 6.61 Å². The first kappa shape index (κ1) is 16.4. The minimum Gasteiger partial charge on any atom is -0.482 e. The lowest BCUT2D eigenvalue weighted by atomic mass is 10.1. The number of pyridine rings is 1. The summed E-state index contributed by atoms with van der Waals surface area (Å²) in [7, 11) is 0. The van der Waals surface area contributed by atoms with E-state index >= 15 is 0 Å². The van der Waals surface area contributed by atoms with Gasteiger partial charge in [-0.3, -0.25) is 9.59 Å². The molecule has 2 N–H and O–H groups in total. The van der Waals surface area contributed by atoms with E-state index in [9.17, 15) is 9.59 Å². The maximum Gasteiger partial charge on any atom is 0.262 e. The van der Waals surface area contributed by atoms with Gasteiger partial charge in [0.25, 0.3) is 11.8 Å². The largest absolute Gasteiger partial charge is 0.482 e. The summed E-state index contributed by atoms with van der Waals surface area (Å²) >= 11 is 0. The molecular formula is C19H20N4O3. The number of fused-ring (bicyclic) bond motifs is 1. The first-order chi connectivity index (χ1) is 12.7. The Balaban J connectivity index is 1.38. The Bertz CT molecular complexity index is 829. The van der Waals surface area contributed by atoms with Gasteiger partial charge in [-0.25, -0.2) is 4.98 Å². The smallest absolute Gasteiger partial charge is 0.262 e. The van der Waals surface area contributed by atoms with Gasteiger partial charge in [0, 0.05) is 31.4 Å². The Hall–Kier alpha value is -3.09. The summed E-state index contributed by atoms with van der Waals surface area (Å²) in [6, 6.07) is 8.98. The highest BCUT2D eigenvalue weighted by Gasteiger charge is 2.18. The molecule has 3 heterocycles. The van der Waals surface area contributed by atoms with Crippen molar-refractivity contribution < 1.29 is 14.3 Å². The predicted octanol–water partition coefficient (Wildman–Crippen LogP) is 1.94. The zero-order valence-corrected chi connectivity index (χ0v) is 14.3. The van der Waals surface area contributed by atoms with Crippen LogP contribution in [0.1, 0.15) is 28.8 Å². The molecule has 0 aliphatic carbocycles. The number of benzene rings is 1. The second kappa shape index (κ2) is 7.03. The highest BCUT2D eigenvalue weighted by Crippen LogP contribution is 2.28. The van der Waals surface area contributed by atoms with Gasteiger partial charge in [0.2, 0.25) is 0 Å².